The van der Waals surface area contributed by atoms with Crippen molar-refractivity contribution in [3.8, 4) is 5.69 Å². The van der Waals surface area contributed by atoms with Crippen molar-refractivity contribution >= 4 is 23.4 Å². The number of benzene rings is 2. The number of amides is 1. The van der Waals surface area contributed by atoms with Crippen LogP contribution in [-0.2, 0) is 4.74 Å². The van der Waals surface area contributed by atoms with Crippen LogP contribution in [0.25, 0.3) is 5.69 Å². The van der Waals surface area contributed by atoms with E-state index < -0.39 is 17.4 Å². The highest BCUT2D eigenvalue weighted by Crippen LogP contribution is 2.18. The smallest absolute Gasteiger partial charge is 0.341 e. The van der Waals surface area contributed by atoms with Gasteiger partial charge in [0.25, 0.3) is 11.5 Å². The van der Waals surface area contributed by atoms with Gasteiger partial charge in [0.05, 0.1) is 12.3 Å². The molecule has 1 amide bonds. The number of anilines is 2. The summed E-state index contributed by atoms with van der Waals surface area (Å²) in [7, 11) is 0. The molecule has 3 rings (SSSR count). The number of rotatable bonds is 5. The number of carbonyl (C=O) groups is 2. The molecule has 0 aliphatic rings. The van der Waals surface area contributed by atoms with Crippen LogP contribution in [-0.4, -0.2) is 23.1 Å². The molecule has 0 aliphatic heterocycles. The van der Waals surface area contributed by atoms with E-state index in [2.05, 4.69) is 5.32 Å². The molecule has 1 heterocycles. The van der Waals surface area contributed by atoms with Crippen LogP contribution in [0.5, 0.6) is 0 Å². The Morgan fingerprint density at radius 1 is 1.00 bits per heavy atom. The molecule has 0 spiro atoms. The number of pyridine rings is 1. The number of nitrogens with two attached hydrogens (primary N) is 1. The van der Waals surface area contributed by atoms with E-state index in [-0.39, 0.29) is 23.6 Å². The first-order valence-corrected chi connectivity index (χ1v) is 8.67. The highest BCUT2D eigenvalue weighted by molar-refractivity contribution is 6.06. The van der Waals surface area contributed by atoms with Gasteiger partial charge in [0, 0.05) is 5.69 Å². The average Bonchev–Trinajstić information content (AvgIpc) is 2.70. The molecule has 0 bridgehead atoms. The van der Waals surface area contributed by atoms with Crippen LogP contribution in [0.4, 0.5) is 11.5 Å². The second kappa shape index (κ2) is 8.22. The largest absolute Gasteiger partial charge is 0.462 e. The summed E-state index contributed by atoms with van der Waals surface area (Å²) in [4.78, 5) is 38.1. The minimum atomic E-state index is -0.710. The summed E-state index contributed by atoms with van der Waals surface area (Å²) in [5, 5.41) is 2.65. The lowest BCUT2D eigenvalue weighted by molar-refractivity contribution is 0.0527. The molecule has 0 atom stereocenters. The van der Waals surface area contributed by atoms with Gasteiger partial charge >= 0.3 is 5.97 Å². The van der Waals surface area contributed by atoms with Crippen molar-refractivity contribution in [2.75, 3.05) is 17.7 Å². The molecule has 3 N–H and O–H groups in total. The van der Waals surface area contributed by atoms with E-state index in [4.69, 9.17) is 10.5 Å². The summed E-state index contributed by atoms with van der Waals surface area (Å²) in [6.45, 7) is 1.79. The zero-order valence-corrected chi connectivity index (χ0v) is 15.2. The summed E-state index contributed by atoms with van der Waals surface area (Å²) in [5.41, 5.74) is 6.15. The van der Waals surface area contributed by atoms with E-state index in [1.807, 2.05) is 0 Å². The number of hydrogen-bond donors (Lipinski definition) is 2. The quantitative estimate of drug-likeness (QED) is 0.666. The molecule has 28 heavy (non-hydrogen) atoms. The Labute approximate surface area is 161 Å². The van der Waals surface area contributed by atoms with Crippen LogP contribution in [0, 0.1) is 0 Å². The summed E-state index contributed by atoms with van der Waals surface area (Å²) in [6.07, 6.45) is 0. The molecule has 0 unspecified atom stereocenters. The van der Waals surface area contributed by atoms with Crippen molar-refractivity contribution < 1.29 is 14.3 Å². The van der Waals surface area contributed by atoms with E-state index >= 15 is 0 Å². The predicted molar refractivity (Wildman–Crippen MR) is 107 cm³/mol. The third kappa shape index (κ3) is 3.78. The molecule has 7 nitrogen and oxygen atoms in total. The fraction of sp³-hybridized carbons (Fsp3) is 0.0952. The maximum absolute atomic E-state index is 13.0. The summed E-state index contributed by atoms with van der Waals surface area (Å²) < 4.78 is 6.16. The molecule has 1 aromatic heterocycles. The Kier molecular flexibility index (Phi) is 5.55. The number of esters is 1. The summed E-state index contributed by atoms with van der Waals surface area (Å²) >= 11 is 0. The Bertz CT molecular complexity index is 1060. The zero-order chi connectivity index (χ0) is 20.1. The van der Waals surface area contributed by atoms with Crippen LogP contribution in [0.2, 0.25) is 0 Å². The molecule has 7 heteroatoms. The van der Waals surface area contributed by atoms with Gasteiger partial charge in [0.2, 0.25) is 0 Å². The Morgan fingerprint density at radius 2 is 1.61 bits per heavy atom. The van der Waals surface area contributed by atoms with Crippen LogP contribution in [0.15, 0.2) is 71.5 Å². The number of para-hydroxylation sites is 2. The molecule has 0 saturated heterocycles. The van der Waals surface area contributed by atoms with Crippen molar-refractivity contribution in [3.05, 3.63) is 88.2 Å². The van der Waals surface area contributed by atoms with Gasteiger partial charge in [0.1, 0.15) is 16.9 Å². The lowest BCUT2D eigenvalue weighted by Gasteiger charge is -2.15. The molecule has 0 aliphatic carbocycles. The minimum Gasteiger partial charge on any atom is -0.462 e. The minimum absolute atomic E-state index is 0.0523. The van der Waals surface area contributed by atoms with Crippen molar-refractivity contribution in [1.82, 2.24) is 4.57 Å². The van der Waals surface area contributed by atoms with Crippen molar-refractivity contribution in [3.63, 3.8) is 0 Å². The lowest BCUT2D eigenvalue weighted by Crippen LogP contribution is -2.32. The summed E-state index contributed by atoms with van der Waals surface area (Å²) in [5.74, 6) is -1.45. The third-order valence-electron chi connectivity index (χ3n) is 4.03. The molecular weight excluding hydrogens is 358 g/mol. The molecule has 3 aromatic rings. The Hall–Kier alpha value is -3.87. The van der Waals surface area contributed by atoms with Gasteiger partial charge in [-0.2, -0.15) is 0 Å². The van der Waals surface area contributed by atoms with E-state index in [1.165, 1.54) is 6.07 Å². The first kappa shape index (κ1) is 18.9. The molecular formula is C21H19N3O4. The maximum Gasteiger partial charge on any atom is 0.341 e. The Balaban J connectivity index is 2.16. The van der Waals surface area contributed by atoms with Gasteiger partial charge in [-0.3, -0.25) is 14.2 Å². The number of nitrogens with zero attached hydrogens (tertiary/aromatic N) is 1. The second-order valence-corrected chi connectivity index (χ2v) is 5.87. The number of nitrogen functional groups attached to an aromatic ring is 1. The van der Waals surface area contributed by atoms with Gasteiger partial charge in [-0.25, -0.2) is 4.79 Å². The van der Waals surface area contributed by atoms with Crippen molar-refractivity contribution in [2.24, 2.45) is 0 Å². The normalized spacial score (nSPS) is 10.3. The lowest BCUT2D eigenvalue weighted by atomic mass is 10.1. The Morgan fingerprint density at radius 3 is 2.21 bits per heavy atom. The van der Waals surface area contributed by atoms with Gasteiger partial charge < -0.3 is 15.8 Å². The molecule has 142 valence electrons. The van der Waals surface area contributed by atoms with E-state index in [1.54, 1.807) is 67.6 Å². The molecule has 0 fully saturated rings. The molecule has 2 aromatic carbocycles. The fourth-order valence-corrected chi connectivity index (χ4v) is 2.72. The highest BCUT2D eigenvalue weighted by Gasteiger charge is 2.23. The zero-order valence-electron chi connectivity index (χ0n) is 15.2. The summed E-state index contributed by atoms with van der Waals surface area (Å²) in [6, 6.07) is 18.4. The monoisotopic (exact) mass is 377 g/mol. The number of aromatic nitrogens is 1. The topological polar surface area (TPSA) is 103 Å². The number of hydrogen-bond acceptors (Lipinski definition) is 5. The molecule has 0 saturated carbocycles. The number of carbonyl (C=O) groups excluding carboxylic acids is 2. The third-order valence-corrected chi connectivity index (χ3v) is 4.03. The van der Waals surface area contributed by atoms with Crippen LogP contribution < -0.4 is 16.6 Å². The average molecular weight is 377 g/mol. The predicted octanol–water partition coefficient (Wildman–Crippen LogP) is 2.85. The van der Waals surface area contributed by atoms with Crippen LogP contribution >= 0.6 is 0 Å². The number of ether oxygens (including phenoxy) is 1. The van der Waals surface area contributed by atoms with E-state index in [0.717, 1.165) is 4.57 Å². The van der Waals surface area contributed by atoms with Gasteiger partial charge in [0.15, 0.2) is 0 Å². The van der Waals surface area contributed by atoms with Crippen molar-refractivity contribution in [2.45, 2.75) is 6.92 Å². The second-order valence-electron chi connectivity index (χ2n) is 5.87. The first-order chi connectivity index (χ1) is 13.5. The van der Waals surface area contributed by atoms with Crippen LogP contribution in [0.3, 0.4) is 0 Å². The highest BCUT2D eigenvalue weighted by atomic mass is 16.5. The van der Waals surface area contributed by atoms with Gasteiger partial charge in [-0.1, -0.05) is 36.4 Å². The number of nitrogens with one attached hydrogen (secondary N) is 1. The first-order valence-electron chi connectivity index (χ1n) is 8.67. The van der Waals surface area contributed by atoms with Crippen LogP contribution in [0.1, 0.15) is 27.6 Å². The SMILES string of the molecule is CCOC(=O)c1cc(C(=O)Nc2ccccc2)c(=O)n(-c2ccccc2)c1N. The standard InChI is InChI=1S/C21H19N3O4/c1-2-28-21(27)16-13-17(19(25)23-14-9-5-3-6-10-14)20(26)24(18(16)22)15-11-7-4-8-12-15/h3-13H,2,22H2,1H3,(H,23,25). The van der Waals surface area contributed by atoms with Gasteiger partial charge in [-0.15, -0.1) is 0 Å². The van der Waals surface area contributed by atoms with Crippen molar-refractivity contribution in [1.29, 1.82) is 0 Å². The molecule has 0 radical (unpaired) electrons. The van der Waals surface area contributed by atoms with E-state index in [0.29, 0.717) is 11.4 Å². The van der Waals surface area contributed by atoms with Gasteiger partial charge in [-0.05, 0) is 37.3 Å². The fourth-order valence-electron chi connectivity index (χ4n) is 2.72. The maximum atomic E-state index is 13.0. The van der Waals surface area contributed by atoms with E-state index in [9.17, 15) is 14.4 Å².